The Bertz CT molecular complexity index is 462. The molecule has 20 heavy (non-hydrogen) atoms. The first-order valence-corrected chi connectivity index (χ1v) is 7.69. The average molecular weight is 274 g/mol. The van der Waals surface area contributed by atoms with Crippen LogP contribution in [0.4, 0.5) is 5.69 Å². The van der Waals surface area contributed by atoms with E-state index in [-0.39, 0.29) is 11.3 Å². The van der Waals surface area contributed by atoms with Gasteiger partial charge in [-0.05, 0) is 30.4 Å². The van der Waals surface area contributed by atoms with Crippen LogP contribution in [0, 0.1) is 5.41 Å². The van der Waals surface area contributed by atoms with Gasteiger partial charge in [0, 0.05) is 12.2 Å². The first kappa shape index (κ1) is 15.0. The van der Waals surface area contributed by atoms with E-state index >= 15 is 0 Å². The zero-order chi connectivity index (χ0) is 14.6. The number of nitrogens with one attached hydrogen (secondary N) is 1. The molecule has 1 aliphatic rings. The molecule has 0 atom stereocenters. The van der Waals surface area contributed by atoms with E-state index in [1.807, 2.05) is 18.2 Å². The maximum absolute atomic E-state index is 12.7. The fourth-order valence-corrected chi connectivity index (χ4v) is 3.12. The lowest BCUT2D eigenvalue weighted by molar-refractivity contribution is -0.126. The van der Waals surface area contributed by atoms with Crippen LogP contribution in [0.3, 0.4) is 0 Å². The van der Waals surface area contributed by atoms with Crippen molar-refractivity contribution in [2.45, 2.75) is 51.9 Å². The Labute approximate surface area is 121 Å². The van der Waals surface area contributed by atoms with Gasteiger partial charge >= 0.3 is 0 Å². The highest BCUT2D eigenvalue weighted by Gasteiger charge is 2.38. The Hall–Kier alpha value is -1.35. The van der Waals surface area contributed by atoms with E-state index in [4.69, 9.17) is 5.73 Å². The zero-order valence-corrected chi connectivity index (χ0v) is 12.6. The highest BCUT2D eigenvalue weighted by atomic mass is 16.2. The van der Waals surface area contributed by atoms with Gasteiger partial charge < -0.3 is 11.1 Å². The van der Waals surface area contributed by atoms with Crippen LogP contribution in [0.5, 0.6) is 0 Å². The summed E-state index contributed by atoms with van der Waals surface area (Å²) in [4.78, 5) is 12.7. The number of para-hydroxylation sites is 1. The molecule has 2 rings (SSSR count). The third-order valence-corrected chi connectivity index (χ3v) is 4.51. The molecule has 0 radical (unpaired) electrons. The van der Waals surface area contributed by atoms with Crippen molar-refractivity contribution in [3.63, 3.8) is 0 Å². The molecule has 0 bridgehead atoms. The molecule has 1 saturated carbocycles. The highest BCUT2D eigenvalue weighted by Crippen LogP contribution is 2.37. The topological polar surface area (TPSA) is 55.1 Å². The molecule has 3 N–H and O–H groups in total. The van der Waals surface area contributed by atoms with Gasteiger partial charge in [0.15, 0.2) is 0 Å². The van der Waals surface area contributed by atoms with Gasteiger partial charge in [-0.1, -0.05) is 51.3 Å². The molecule has 3 heteroatoms. The summed E-state index contributed by atoms with van der Waals surface area (Å²) in [7, 11) is 0. The number of hydrogen-bond acceptors (Lipinski definition) is 2. The lowest BCUT2D eigenvalue weighted by atomic mass is 9.73. The number of benzene rings is 1. The van der Waals surface area contributed by atoms with Gasteiger partial charge in [0.1, 0.15) is 0 Å². The molecular formula is C17H26N2O. The summed E-state index contributed by atoms with van der Waals surface area (Å²) >= 11 is 0. The number of amides is 1. The molecule has 1 fully saturated rings. The molecule has 1 amide bonds. The van der Waals surface area contributed by atoms with E-state index in [1.165, 1.54) is 12.0 Å². The number of nitrogens with two attached hydrogens (primary N) is 1. The normalized spacial score (nSPS) is 18.0. The van der Waals surface area contributed by atoms with Gasteiger partial charge in [-0.2, -0.15) is 0 Å². The van der Waals surface area contributed by atoms with Gasteiger partial charge in [0.05, 0.1) is 5.41 Å². The lowest BCUT2D eigenvalue weighted by Gasteiger charge is -2.35. The monoisotopic (exact) mass is 274 g/mol. The first-order chi connectivity index (χ1) is 9.59. The predicted molar refractivity (Wildman–Crippen MR) is 83.7 cm³/mol. The number of anilines is 1. The minimum absolute atomic E-state index is 0.104. The molecule has 1 aliphatic carbocycles. The van der Waals surface area contributed by atoms with Crippen molar-refractivity contribution in [3.05, 3.63) is 29.8 Å². The number of carbonyl (C=O) groups is 1. The number of rotatable bonds is 4. The molecule has 0 aromatic heterocycles. The summed E-state index contributed by atoms with van der Waals surface area (Å²) in [6, 6.07) is 8.05. The largest absolute Gasteiger partial charge is 0.329 e. The summed E-state index contributed by atoms with van der Waals surface area (Å²) in [6.07, 6.45) is 5.27. The predicted octanol–water partition coefficient (Wildman–Crippen LogP) is 3.66. The van der Waals surface area contributed by atoms with E-state index in [1.54, 1.807) is 0 Å². The van der Waals surface area contributed by atoms with Crippen LogP contribution in [-0.2, 0) is 4.79 Å². The molecule has 1 aromatic rings. The quantitative estimate of drug-likeness (QED) is 0.880. The van der Waals surface area contributed by atoms with Crippen molar-refractivity contribution in [1.82, 2.24) is 0 Å². The highest BCUT2D eigenvalue weighted by molar-refractivity contribution is 5.96. The Morgan fingerprint density at radius 1 is 1.25 bits per heavy atom. The molecule has 3 nitrogen and oxygen atoms in total. The lowest BCUT2D eigenvalue weighted by Crippen LogP contribution is -2.44. The molecular weight excluding hydrogens is 248 g/mol. The molecule has 0 saturated heterocycles. The Kier molecular flexibility index (Phi) is 4.81. The van der Waals surface area contributed by atoms with Gasteiger partial charge in [-0.3, -0.25) is 4.79 Å². The minimum atomic E-state index is -0.359. The van der Waals surface area contributed by atoms with Crippen molar-refractivity contribution in [2.24, 2.45) is 11.1 Å². The van der Waals surface area contributed by atoms with Crippen molar-refractivity contribution < 1.29 is 4.79 Å². The van der Waals surface area contributed by atoms with Gasteiger partial charge in [-0.25, -0.2) is 0 Å². The van der Waals surface area contributed by atoms with Crippen LogP contribution >= 0.6 is 0 Å². The molecule has 0 unspecified atom stereocenters. The summed E-state index contributed by atoms with van der Waals surface area (Å²) in [5.74, 6) is 0.500. The Balaban J connectivity index is 2.18. The van der Waals surface area contributed by atoms with E-state index in [0.717, 1.165) is 31.4 Å². The van der Waals surface area contributed by atoms with Crippen LogP contribution in [0.25, 0.3) is 0 Å². The van der Waals surface area contributed by atoms with Crippen LogP contribution in [0.15, 0.2) is 24.3 Å². The third-order valence-electron chi connectivity index (χ3n) is 4.51. The first-order valence-electron chi connectivity index (χ1n) is 7.69. The number of carbonyl (C=O) groups excluding carboxylic acids is 1. The summed E-state index contributed by atoms with van der Waals surface area (Å²) < 4.78 is 0. The summed E-state index contributed by atoms with van der Waals surface area (Å²) in [6.45, 7) is 4.73. The van der Waals surface area contributed by atoms with Crippen LogP contribution in [0.2, 0.25) is 0 Å². The standard InChI is InChI=1S/C17H26N2O/c1-13(2)14-8-4-5-9-15(14)19-16(20)17(12-18)10-6-3-7-11-17/h4-5,8-9,13H,3,6-7,10-12,18H2,1-2H3,(H,19,20). The van der Waals surface area contributed by atoms with Crippen LogP contribution in [0.1, 0.15) is 57.4 Å². The van der Waals surface area contributed by atoms with E-state index in [9.17, 15) is 4.79 Å². The second-order valence-corrected chi connectivity index (χ2v) is 6.24. The summed E-state index contributed by atoms with van der Waals surface area (Å²) in [5.41, 5.74) is 7.69. The van der Waals surface area contributed by atoms with Crippen molar-refractivity contribution in [2.75, 3.05) is 11.9 Å². The van der Waals surface area contributed by atoms with Crippen LogP contribution in [-0.4, -0.2) is 12.5 Å². The second kappa shape index (κ2) is 6.40. The molecule has 0 heterocycles. The average Bonchev–Trinajstić information content (AvgIpc) is 2.48. The number of hydrogen-bond donors (Lipinski definition) is 2. The SMILES string of the molecule is CC(C)c1ccccc1NC(=O)C1(CN)CCCCC1. The second-order valence-electron chi connectivity index (χ2n) is 6.24. The molecule has 1 aromatic carbocycles. The fourth-order valence-electron chi connectivity index (χ4n) is 3.12. The van der Waals surface area contributed by atoms with Crippen LogP contribution < -0.4 is 11.1 Å². The fraction of sp³-hybridized carbons (Fsp3) is 0.588. The smallest absolute Gasteiger partial charge is 0.231 e. The van der Waals surface area contributed by atoms with Gasteiger partial charge in [0.25, 0.3) is 0 Å². The Morgan fingerprint density at radius 2 is 1.90 bits per heavy atom. The van der Waals surface area contributed by atoms with Crippen molar-refractivity contribution >= 4 is 11.6 Å². The Morgan fingerprint density at radius 3 is 2.50 bits per heavy atom. The van der Waals surface area contributed by atoms with E-state index < -0.39 is 0 Å². The van der Waals surface area contributed by atoms with Gasteiger partial charge in [0.2, 0.25) is 5.91 Å². The van der Waals surface area contributed by atoms with Crippen molar-refractivity contribution in [1.29, 1.82) is 0 Å². The molecule has 0 aliphatic heterocycles. The minimum Gasteiger partial charge on any atom is -0.329 e. The zero-order valence-electron chi connectivity index (χ0n) is 12.6. The third kappa shape index (κ3) is 3.04. The summed E-state index contributed by atoms with van der Waals surface area (Å²) in [5, 5.41) is 3.13. The molecule has 110 valence electrons. The van der Waals surface area contributed by atoms with Crippen molar-refractivity contribution in [3.8, 4) is 0 Å². The van der Waals surface area contributed by atoms with Gasteiger partial charge in [-0.15, -0.1) is 0 Å². The van der Waals surface area contributed by atoms with E-state index in [0.29, 0.717) is 12.5 Å². The maximum Gasteiger partial charge on any atom is 0.231 e. The molecule has 0 spiro atoms. The maximum atomic E-state index is 12.7. The van der Waals surface area contributed by atoms with E-state index in [2.05, 4.69) is 25.2 Å².